The number of rotatable bonds is 5. The van der Waals surface area contributed by atoms with Crippen LogP contribution < -0.4 is 15.5 Å². The maximum absolute atomic E-state index is 12.5. The molecule has 166 valence electrons. The van der Waals surface area contributed by atoms with Crippen molar-refractivity contribution < 1.29 is 28.6 Å². The number of anilines is 1. The molecule has 4 aromatic rings. The molecule has 33 heavy (non-hydrogen) atoms. The van der Waals surface area contributed by atoms with Gasteiger partial charge in [0.2, 0.25) is 5.88 Å². The van der Waals surface area contributed by atoms with Crippen LogP contribution in [-0.4, -0.2) is 33.7 Å². The second-order valence-electron chi connectivity index (χ2n) is 6.68. The smallest absolute Gasteiger partial charge is 0.412 e. The summed E-state index contributed by atoms with van der Waals surface area (Å²) in [5.41, 5.74) is 0.224. The topological polar surface area (TPSA) is 141 Å². The van der Waals surface area contributed by atoms with Crippen LogP contribution in [0.2, 0.25) is 0 Å². The van der Waals surface area contributed by atoms with E-state index in [4.69, 9.17) is 13.9 Å². The van der Waals surface area contributed by atoms with Gasteiger partial charge in [0.25, 0.3) is 0 Å². The van der Waals surface area contributed by atoms with Crippen molar-refractivity contribution >= 4 is 28.8 Å². The third-order valence-electron chi connectivity index (χ3n) is 4.44. The van der Waals surface area contributed by atoms with Crippen LogP contribution in [-0.2, 0) is 4.74 Å². The average molecular weight is 447 g/mol. The Balaban J connectivity index is 1.75. The Labute approximate surface area is 186 Å². The van der Waals surface area contributed by atoms with Crippen LogP contribution in [0.25, 0.3) is 22.3 Å². The molecule has 3 heterocycles. The summed E-state index contributed by atoms with van der Waals surface area (Å²) < 4.78 is 16.0. The normalized spacial score (nSPS) is 10.6. The molecule has 0 aliphatic heterocycles. The van der Waals surface area contributed by atoms with E-state index in [2.05, 4.69) is 15.3 Å². The van der Waals surface area contributed by atoms with Gasteiger partial charge >= 0.3 is 12.1 Å². The van der Waals surface area contributed by atoms with Gasteiger partial charge in [0.05, 0.1) is 23.1 Å². The first kappa shape index (κ1) is 21.5. The van der Waals surface area contributed by atoms with Crippen LogP contribution in [0.5, 0.6) is 11.6 Å². The molecule has 0 aliphatic rings. The highest BCUT2D eigenvalue weighted by molar-refractivity contribution is 5.92. The van der Waals surface area contributed by atoms with E-state index in [0.717, 1.165) is 0 Å². The van der Waals surface area contributed by atoms with Crippen molar-refractivity contribution in [2.24, 2.45) is 0 Å². The van der Waals surface area contributed by atoms with Crippen molar-refractivity contribution in [3.63, 3.8) is 0 Å². The number of phenols is 1. The highest BCUT2D eigenvalue weighted by Gasteiger charge is 2.18. The van der Waals surface area contributed by atoms with Gasteiger partial charge < -0.3 is 19.0 Å². The van der Waals surface area contributed by atoms with E-state index in [9.17, 15) is 19.5 Å². The highest BCUT2D eigenvalue weighted by Crippen LogP contribution is 2.31. The van der Waals surface area contributed by atoms with Gasteiger partial charge in [0.15, 0.2) is 5.43 Å². The number of esters is 1. The molecule has 10 nitrogen and oxygen atoms in total. The Hall–Kier alpha value is -4.73. The average Bonchev–Trinajstić information content (AvgIpc) is 2.79. The van der Waals surface area contributed by atoms with Gasteiger partial charge in [-0.2, -0.15) is 4.98 Å². The molecule has 0 fully saturated rings. The Morgan fingerprint density at radius 2 is 2.00 bits per heavy atom. The summed E-state index contributed by atoms with van der Waals surface area (Å²) in [6.45, 7) is 1.75. The first-order chi connectivity index (χ1) is 15.9. The molecule has 1 amide bonds. The number of hydrogen-bond donors (Lipinski definition) is 2. The van der Waals surface area contributed by atoms with E-state index >= 15 is 0 Å². The van der Waals surface area contributed by atoms with Crippen LogP contribution >= 0.6 is 0 Å². The number of aromatic nitrogens is 2. The lowest BCUT2D eigenvalue weighted by atomic mass is 10.1. The molecule has 4 rings (SSSR count). The number of nitrogens with zero attached hydrogens (tertiary/aromatic N) is 2. The Morgan fingerprint density at radius 1 is 1.15 bits per heavy atom. The lowest BCUT2D eigenvalue weighted by Gasteiger charge is -2.12. The number of nitrogens with one attached hydrogen (secondary N) is 1. The number of hydrogen-bond acceptors (Lipinski definition) is 9. The highest BCUT2D eigenvalue weighted by atomic mass is 16.6. The SMILES string of the molecule is CCOC(=O)Nc1nc(OC(=O)c2cccnc2)ccc1-c1cc(=O)c2ccc(O)cc2o1. The summed E-state index contributed by atoms with van der Waals surface area (Å²) >= 11 is 0. The maximum atomic E-state index is 12.5. The van der Waals surface area contributed by atoms with E-state index in [-0.39, 0.29) is 57.3 Å². The standard InChI is InChI=1S/C23H17N3O7/c1-2-31-23(30)26-21-16(19-11-17(28)15-6-5-14(27)10-18(15)32-19)7-8-20(25-21)33-22(29)13-4-3-9-24-12-13/h3-12,27H,2H2,1H3,(H,25,26,30). The number of pyridine rings is 2. The van der Waals surface area contributed by atoms with Gasteiger partial charge in [-0.3, -0.25) is 15.1 Å². The van der Waals surface area contributed by atoms with E-state index in [0.29, 0.717) is 0 Å². The van der Waals surface area contributed by atoms with E-state index < -0.39 is 12.1 Å². The molecule has 10 heteroatoms. The minimum Gasteiger partial charge on any atom is -0.508 e. The number of ether oxygens (including phenoxy) is 2. The number of fused-ring (bicyclic) bond motifs is 1. The molecule has 0 spiro atoms. The molecule has 0 aliphatic carbocycles. The summed E-state index contributed by atoms with van der Waals surface area (Å²) in [6, 6.07) is 11.3. The first-order valence-electron chi connectivity index (χ1n) is 9.79. The summed E-state index contributed by atoms with van der Waals surface area (Å²) in [6.07, 6.45) is 2.05. The quantitative estimate of drug-likeness (QED) is 0.438. The predicted octanol–water partition coefficient (Wildman–Crippen LogP) is 3.74. The minimum atomic E-state index is -0.803. The van der Waals surface area contributed by atoms with Gasteiger partial charge in [0, 0.05) is 30.6 Å². The first-order valence-corrected chi connectivity index (χ1v) is 9.79. The summed E-state index contributed by atoms with van der Waals surface area (Å²) in [5.74, 6) is -0.878. The molecule has 1 aromatic carbocycles. The van der Waals surface area contributed by atoms with E-state index in [1.165, 1.54) is 54.9 Å². The molecule has 0 radical (unpaired) electrons. The van der Waals surface area contributed by atoms with Crippen molar-refractivity contribution in [1.82, 2.24) is 9.97 Å². The summed E-state index contributed by atoms with van der Waals surface area (Å²) in [7, 11) is 0. The van der Waals surface area contributed by atoms with Crippen LogP contribution in [0.4, 0.5) is 10.6 Å². The van der Waals surface area contributed by atoms with Crippen molar-refractivity contribution in [1.29, 1.82) is 0 Å². The largest absolute Gasteiger partial charge is 0.508 e. The Bertz CT molecular complexity index is 1400. The fourth-order valence-electron chi connectivity index (χ4n) is 2.97. The lowest BCUT2D eigenvalue weighted by Crippen LogP contribution is -2.16. The molecular formula is C23H17N3O7. The zero-order valence-electron chi connectivity index (χ0n) is 17.3. The number of amides is 1. The van der Waals surface area contributed by atoms with Crippen molar-refractivity contribution in [2.75, 3.05) is 11.9 Å². The Kier molecular flexibility index (Phi) is 5.98. The summed E-state index contributed by atoms with van der Waals surface area (Å²) in [4.78, 5) is 45.0. The van der Waals surface area contributed by atoms with Gasteiger partial charge in [0.1, 0.15) is 22.9 Å². The molecule has 3 aromatic heterocycles. The monoisotopic (exact) mass is 447 g/mol. The molecule has 0 saturated heterocycles. The number of carbonyl (C=O) groups excluding carboxylic acids is 2. The maximum Gasteiger partial charge on any atom is 0.412 e. The van der Waals surface area contributed by atoms with Crippen LogP contribution in [0, 0.1) is 0 Å². The van der Waals surface area contributed by atoms with Gasteiger partial charge in [-0.15, -0.1) is 0 Å². The van der Waals surface area contributed by atoms with Gasteiger partial charge in [-0.05, 0) is 37.3 Å². The number of aromatic hydroxyl groups is 1. The molecule has 0 bridgehead atoms. The fourth-order valence-corrected chi connectivity index (χ4v) is 2.97. The lowest BCUT2D eigenvalue weighted by molar-refractivity contribution is 0.0727. The van der Waals surface area contributed by atoms with E-state index in [1.807, 2.05) is 0 Å². The van der Waals surface area contributed by atoms with Crippen molar-refractivity contribution in [3.05, 3.63) is 76.7 Å². The van der Waals surface area contributed by atoms with Crippen LogP contribution in [0.3, 0.4) is 0 Å². The second-order valence-corrected chi connectivity index (χ2v) is 6.68. The molecule has 0 atom stereocenters. The molecule has 0 saturated carbocycles. The van der Waals surface area contributed by atoms with Crippen LogP contribution in [0.1, 0.15) is 17.3 Å². The van der Waals surface area contributed by atoms with E-state index in [1.54, 1.807) is 13.0 Å². The third kappa shape index (κ3) is 4.79. The molecular weight excluding hydrogens is 430 g/mol. The van der Waals surface area contributed by atoms with Gasteiger partial charge in [-0.25, -0.2) is 9.59 Å². The zero-order chi connectivity index (χ0) is 23.4. The van der Waals surface area contributed by atoms with Crippen molar-refractivity contribution in [3.8, 4) is 23.0 Å². The summed E-state index contributed by atoms with van der Waals surface area (Å²) in [5, 5.41) is 12.5. The minimum absolute atomic E-state index is 0.0624. The number of benzene rings is 1. The molecule has 0 unspecified atom stereocenters. The van der Waals surface area contributed by atoms with Gasteiger partial charge in [-0.1, -0.05) is 0 Å². The number of phenolic OH excluding ortho intramolecular Hbond substituents is 1. The predicted molar refractivity (Wildman–Crippen MR) is 117 cm³/mol. The van der Waals surface area contributed by atoms with Crippen LogP contribution in [0.15, 0.2) is 70.1 Å². The Morgan fingerprint density at radius 3 is 2.76 bits per heavy atom. The third-order valence-corrected chi connectivity index (χ3v) is 4.44. The fraction of sp³-hybridized carbons (Fsp3) is 0.0870. The molecule has 2 N–H and O–H groups in total. The second kappa shape index (κ2) is 9.18. The van der Waals surface area contributed by atoms with Crippen molar-refractivity contribution in [2.45, 2.75) is 6.92 Å². The zero-order valence-corrected chi connectivity index (χ0v) is 17.3. The number of carbonyl (C=O) groups is 2.